The summed E-state index contributed by atoms with van der Waals surface area (Å²) in [6, 6.07) is 0. The van der Waals surface area contributed by atoms with Gasteiger partial charge in [0.1, 0.15) is 0 Å². The first-order valence-corrected chi connectivity index (χ1v) is 8.02. The van der Waals surface area contributed by atoms with Crippen LogP contribution in [0.4, 0.5) is 0 Å². The van der Waals surface area contributed by atoms with E-state index in [0.717, 1.165) is 51.4 Å². The maximum atomic E-state index is 11.8. The smallest absolute Gasteiger partial charge is 0.308 e. The second kappa shape index (κ2) is 9.78. The van der Waals surface area contributed by atoms with Crippen LogP contribution in [0.25, 0.3) is 0 Å². The van der Waals surface area contributed by atoms with E-state index < -0.39 is 0 Å². The lowest BCUT2D eigenvalue weighted by Gasteiger charge is -2.25. The molecule has 20 heavy (non-hydrogen) atoms. The van der Waals surface area contributed by atoms with Crippen molar-refractivity contribution in [3.05, 3.63) is 0 Å². The van der Waals surface area contributed by atoms with Crippen LogP contribution < -0.4 is 0 Å². The zero-order valence-corrected chi connectivity index (χ0v) is 12.9. The van der Waals surface area contributed by atoms with Gasteiger partial charge in [0.2, 0.25) is 0 Å². The number of ether oxygens (including phenoxy) is 2. The van der Waals surface area contributed by atoms with Crippen LogP contribution in [-0.2, 0) is 19.1 Å². The van der Waals surface area contributed by atoms with Crippen LogP contribution in [0.1, 0.15) is 65.2 Å². The van der Waals surface area contributed by atoms with Crippen molar-refractivity contribution in [2.45, 2.75) is 65.2 Å². The van der Waals surface area contributed by atoms with E-state index in [1.54, 1.807) is 0 Å². The molecule has 4 heteroatoms. The molecule has 0 amide bonds. The molecule has 0 aromatic rings. The molecule has 1 fully saturated rings. The topological polar surface area (TPSA) is 52.6 Å². The number of carbonyl (C=O) groups excluding carboxylic acids is 2. The van der Waals surface area contributed by atoms with Crippen LogP contribution in [0.5, 0.6) is 0 Å². The van der Waals surface area contributed by atoms with E-state index in [-0.39, 0.29) is 23.8 Å². The number of carbonyl (C=O) groups is 2. The molecule has 0 bridgehead atoms. The molecule has 1 saturated carbocycles. The first-order valence-electron chi connectivity index (χ1n) is 8.02. The van der Waals surface area contributed by atoms with Gasteiger partial charge in [-0.1, -0.05) is 26.7 Å². The van der Waals surface area contributed by atoms with Gasteiger partial charge in [-0.05, 0) is 38.5 Å². The Morgan fingerprint density at radius 2 is 1.15 bits per heavy atom. The van der Waals surface area contributed by atoms with Crippen molar-refractivity contribution in [1.82, 2.24) is 0 Å². The summed E-state index contributed by atoms with van der Waals surface area (Å²) in [5.41, 5.74) is 0. The fourth-order valence-electron chi connectivity index (χ4n) is 2.43. The Hall–Kier alpha value is -1.06. The summed E-state index contributed by atoms with van der Waals surface area (Å²) >= 11 is 0. The monoisotopic (exact) mass is 284 g/mol. The highest BCUT2D eigenvalue weighted by Crippen LogP contribution is 2.30. The normalized spacial score (nSPS) is 22.3. The number of esters is 2. The quantitative estimate of drug-likeness (QED) is 0.506. The van der Waals surface area contributed by atoms with E-state index in [1.807, 2.05) is 0 Å². The fraction of sp³-hybridized carbons (Fsp3) is 0.875. The third-order valence-corrected chi connectivity index (χ3v) is 3.88. The van der Waals surface area contributed by atoms with Crippen molar-refractivity contribution in [2.75, 3.05) is 13.2 Å². The van der Waals surface area contributed by atoms with Crippen molar-refractivity contribution in [3.63, 3.8) is 0 Å². The summed E-state index contributed by atoms with van der Waals surface area (Å²) in [6.07, 6.45) is 6.90. The molecule has 1 aliphatic rings. The zero-order valence-electron chi connectivity index (χ0n) is 12.9. The molecule has 0 aliphatic heterocycles. The van der Waals surface area contributed by atoms with Crippen LogP contribution in [-0.4, -0.2) is 25.2 Å². The minimum absolute atomic E-state index is 0.0217. The number of rotatable bonds is 8. The Balaban J connectivity index is 2.21. The highest BCUT2D eigenvalue weighted by molar-refractivity contribution is 5.75. The Kier molecular flexibility index (Phi) is 8.31. The van der Waals surface area contributed by atoms with Crippen molar-refractivity contribution in [3.8, 4) is 0 Å². The SMILES string of the molecule is CCCCOC(=O)[C@H]1CC[C@H](C(=O)OCCCC)CC1. The lowest BCUT2D eigenvalue weighted by atomic mass is 9.82. The molecule has 0 heterocycles. The molecule has 0 N–H and O–H groups in total. The van der Waals surface area contributed by atoms with Gasteiger partial charge < -0.3 is 9.47 Å². The van der Waals surface area contributed by atoms with E-state index in [0.29, 0.717) is 13.2 Å². The van der Waals surface area contributed by atoms with E-state index >= 15 is 0 Å². The van der Waals surface area contributed by atoms with Gasteiger partial charge in [0.15, 0.2) is 0 Å². The standard InChI is InChI=1S/C16H28O4/c1-3-5-11-19-15(17)13-7-9-14(10-8-13)16(18)20-12-6-4-2/h13-14H,3-12H2,1-2H3/t13-,14-. The predicted molar refractivity (Wildman–Crippen MR) is 77.2 cm³/mol. The van der Waals surface area contributed by atoms with Gasteiger partial charge in [-0.15, -0.1) is 0 Å². The maximum Gasteiger partial charge on any atom is 0.308 e. The van der Waals surface area contributed by atoms with Crippen molar-refractivity contribution < 1.29 is 19.1 Å². The summed E-state index contributed by atoms with van der Waals surface area (Å²) in [6.45, 7) is 5.19. The van der Waals surface area contributed by atoms with Gasteiger partial charge in [-0.3, -0.25) is 9.59 Å². The van der Waals surface area contributed by atoms with Crippen molar-refractivity contribution in [1.29, 1.82) is 0 Å². The summed E-state index contributed by atoms with van der Waals surface area (Å²) in [5.74, 6) is -0.217. The minimum atomic E-state index is -0.0868. The number of hydrogen-bond donors (Lipinski definition) is 0. The van der Waals surface area contributed by atoms with Crippen LogP contribution in [0.2, 0.25) is 0 Å². The third kappa shape index (κ3) is 5.93. The molecule has 4 nitrogen and oxygen atoms in total. The van der Waals surface area contributed by atoms with Gasteiger partial charge in [-0.2, -0.15) is 0 Å². The minimum Gasteiger partial charge on any atom is -0.465 e. The number of unbranched alkanes of at least 4 members (excludes halogenated alkanes) is 2. The second-order valence-electron chi connectivity index (χ2n) is 5.59. The average Bonchev–Trinajstić information content (AvgIpc) is 2.47. The molecule has 0 spiro atoms. The van der Waals surface area contributed by atoms with E-state index in [4.69, 9.17) is 9.47 Å². The third-order valence-electron chi connectivity index (χ3n) is 3.88. The molecule has 0 aromatic carbocycles. The lowest BCUT2D eigenvalue weighted by molar-refractivity contribution is -0.155. The highest BCUT2D eigenvalue weighted by atomic mass is 16.5. The van der Waals surface area contributed by atoms with Crippen LogP contribution in [0, 0.1) is 11.8 Å². The first-order chi connectivity index (χ1) is 9.69. The van der Waals surface area contributed by atoms with Crippen LogP contribution >= 0.6 is 0 Å². The zero-order chi connectivity index (χ0) is 14.8. The largest absolute Gasteiger partial charge is 0.465 e. The Morgan fingerprint density at radius 1 is 0.800 bits per heavy atom. The first kappa shape index (κ1) is 17.0. The van der Waals surface area contributed by atoms with E-state index in [1.165, 1.54) is 0 Å². The van der Waals surface area contributed by atoms with Gasteiger partial charge in [0, 0.05) is 0 Å². The predicted octanol–water partition coefficient (Wildman–Crippen LogP) is 3.48. The van der Waals surface area contributed by atoms with Crippen LogP contribution in [0.3, 0.4) is 0 Å². The summed E-state index contributed by atoms with van der Waals surface area (Å²) < 4.78 is 10.5. The van der Waals surface area contributed by atoms with Crippen LogP contribution in [0.15, 0.2) is 0 Å². The lowest BCUT2D eigenvalue weighted by Crippen LogP contribution is -2.28. The molecule has 116 valence electrons. The highest BCUT2D eigenvalue weighted by Gasteiger charge is 2.31. The van der Waals surface area contributed by atoms with Crippen molar-refractivity contribution >= 4 is 11.9 Å². The van der Waals surface area contributed by atoms with E-state index in [2.05, 4.69) is 13.8 Å². The Bertz CT molecular complexity index is 263. The fourth-order valence-corrected chi connectivity index (χ4v) is 2.43. The van der Waals surface area contributed by atoms with E-state index in [9.17, 15) is 9.59 Å². The molecule has 1 rings (SSSR count). The average molecular weight is 284 g/mol. The van der Waals surface area contributed by atoms with Gasteiger partial charge in [0.25, 0.3) is 0 Å². The molecule has 0 radical (unpaired) electrons. The van der Waals surface area contributed by atoms with Gasteiger partial charge in [0.05, 0.1) is 25.0 Å². The molecule has 0 aromatic heterocycles. The number of hydrogen-bond acceptors (Lipinski definition) is 4. The molecule has 1 aliphatic carbocycles. The maximum absolute atomic E-state index is 11.8. The second-order valence-corrected chi connectivity index (χ2v) is 5.59. The molecule has 0 saturated heterocycles. The summed E-state index contributed by atoms with van der Waals surface area (Å²) in [4.78, 5) is 23.6. The molecule has 0 atom stereocenters. The van der Waals surface area contributed by atoms with Crippen molar-refractivity contribution in [2.24, 2.45) is 11.8 Å². The molecule has 0 unspecified atom stereocenters. The summed E-state index contributed by atoms with van der Waals surface area (Å²) in [7, 11) is 0. The molecular weight excluding hydrogens is 256 g/mol. The summed E-state index contributed by atoms with van der Waals surface area (Å²) in [5, 5.41) is 0. The van der Waals surface area contributed by atoms with Gasteiger partial charge >= 0.3 is 11.9 Å². The molecular formula is C16H28O4. The van der Waals surface area contributed by atoms with Gasteiger partial charge in [-0.25, -0.2) is 0 Å². The Labute approximate surface area is 122 Å². The Morgan fingerprint density at radius 3 is 1.45 bits per heavy atom.